The maximum atomic E-state index is 13.6. The maximum absolute atomic E-state index is 13.6. The molecular weight excluding hydrogens is 403 g/mol. The van der Waals surface area contributed by atoms with Gasteiger partial charge in [-0.1, -0.05) is 0 Å². The van der Waals surface area contributed by atoms with Crippen LogP contribution in [0.4, 0.5) is 18.0 Å². The number of aromatic nitrogens is 2. The summed E-state index contributed by atoms with van der Waals surface area (Å²) in [6.45, 7) is 0.621. The number of rotatable bonds is 4. The Balaban J connectivity index is 1.42. The smallest absolute Gasteiger partial charge is 0.341 e. The van der Waals surface area contributed by atoms with Gasteiger partial charge in [0.05, 0.1) is 25.9 Å². The number of ether oxygens (including phenoxy) is 2. The molecule has 2 aliphatic heterocycles. The third kappa shape index (κ3) is 4.00. The first-order chi connectivity index (χ1) is 14.4. The lowest BCUT2D eigenvalue weighted by atomic mass is 10.0. The molecule has 1 aromatic carbocycles. The topological polar surface area (TPSA) is 80.2 Å². The number of urea groups is 1. The van der Waals surface area contributed by atoms with Gasteiger partial charge in [0.15, 0.2) is 0 Å². The molecule has 158 valence electrons. The highest BCUT2D eigenvalue weighted by Crippen LogP contribution is 2.31. The molecule has 0 N–H and O–H groups in total. The third-order valence-corrected chi connectivity index (χ3v) is 4.87. The number of amides is 2. The molecule has 1 saturated heterocycles. The van der Waals surface area contributed by atoms with E-state index in [1.54, 1.807) is 0 Å². The zero-order chi connectivity index (χ0) is 21.3. The Kier molecular flexibility index (Phi) is 5.42. The first kappa shape index (κ1) is 19.9. The normalized spacial score (nSPS) is 20.7. The Morgan fingerprint density at radius 2 is 1.97 bits per heavy atom. The summed E-state index contributed by atoms with van der Waals surface area (Å²) in [6.07, 6.45) is 2.94. The molecule has 2 amide bonds. The Morgan fingerprint density at radius 3 is 2.70 bits per heavy atom. The van der Waals surface area contributed by atoms with Crippen molar-refractivity contribution in [3.05, 3.63) is 47.4 Å². The zero-order valence-electron chi connectivity index (χ0n) is 16.0. The van der Waals surface area contributed by atoms with E-state index < -0.39 is 35.6 Å². The molecule has 0 saturated carbocycles. The summed E-state index contributed by atoms with van der Waals surface area (Å²) >= 11 is 0. The van der Waals surface area contributed by atoms with Crippen LogP contribution in [0.5, 0.6) is 11.9 Å². The van der Waals surface area contributed by atoms with Crippen molar-refractivity contribution in [1.29, 1.82) is 0 Å². The van der Waals surface area contributed by atoms with Crippen molar-refractivity contribution in [3.63, 3.8) is 0 Å². The van der Waals surface area contributed by atoms with E-state index in [1.165, 1.54) is 35.4 Å². The van der Waals surface area contributed by atoms with Crippen molar-refractivity contribution in [2.24, 2.45) is 5.10 Å². The molecule has 11 heteroatoms. The number of benzene rings is 1. The minimum absolute atomic E-state index is 0.0557. The van der Waals surface area contributed by atoms with Gasteiger partial charge in [-0.3, -0.25) is 0 Å². The van der Waals surface area contributed by atoms with Crippen molar-refractivity contribution in [2.45, 2.75) is 25.0 Å². The Labute approximate surface area is 169 Å². The fraction of sp³-hybridized carbons (Fsp3) is 0.368. The van der Waals surface area contributed by atoms with Gasteiger partial charge in [-0.05, 0) is 17.7 Å². The summed E-state index contributed by atoms with van der Waals surface area (Å²) in [7, 11) is 1.28. The first-order valence-corrected chi connectivity index (χ1v) is 9.24. The number of hydrogen-bond donors (Lipinski definition) is 0. The minimum Gasteiger partial charge on any atom is -0.479 e. The van der Waals surface area contributed by atoms with Crippen molar-refractivity contribution in [3.8, 4) is 11.9 Å². The van der Waals surface area contributed by atoms with E-state index in [0.29, 0.717) is 24.9 Å². The molecule has 3 heterocycles. The molecule has 0 unspecified atom stereocenters. The number of halogens is 3. The number of methoxy groups -OCH3 is 1. The molecule has 2 aromatic rings. The van der Waals surface area contributed by atoms with Crippen LogP contribution in [0.25, 0.3) is 0 Å². The van der Waals surface area contributed by atoms with Crippen LogP contribution >= 0.6 is 0 Å². The second kappa shape index (κ2) is 8.17. The Bertz CT molecular complexity index is 970. The number of hydrazone groups is 1. The first-order valence-electron chi connectivity index (χ1n) is 9.24. The van der Waals surface area contributed by atoms with Crippen LogP contribution in [0.15, 0.2) is 29.5 Å². The fourth-order valence-corrected chi connectivity index (χ4v) is 3.47. The average Bonchev–Trinajstić information content (AvgIpc) is 3.38. The Morgan fingerprint density at radius 1 is 1.20 bits per heavy atom. The van der Waals surface area contributed by atoms with Crippen molar-refractivity contribution in [2.75, 3.05) is 20.2 Å². The lowest BCUT2D eigenvalue weighted by molar-refractivity contribution is 0.140. The summed E-state index contributed by atoms with van der Waals surface area (Å²) in [4.78, 5) is 22.1. The van der Waals surface area contributed by atoms with Crippen LogP contribution in [-0.2, 0) is 0 Å². The van der Waals surface area contributed by atoms with Gasteiger partial charge in [-0.2, -0.15) is 14.5 Å². The van der Waals surface area contributed by atoms with E-state index in [0.717, 1.165) is 12.3 Å². The molecule has 0 radical (unpaired) electrons. The highest BCUT2D eigenvalue weighted by Gasteiger charge is 2.36. The van der Waals surface area contributed by atoms with Crippen molar-refractivity contribution < 1.29 is 27.4 Å². The molecule has 2 atom stereocenters. The number of hydrogen-bond acceptors (Lipinski definition) is 6. The summed E-state index contributed by atoms with van der Waals surface area (Å²) in [5, 5.41) is 5.30. The average molecular weight is 421 g/mol. The van der Waals surface area contributed by atoms with E-state index in [1.807, 2.05) is 0 Å². The molecule has 1 aromatic heterocycles. The second-order valence-corrected chi connectivity index (χ2v) is 6.86. The van der Waals surface area contributed by atoms with Crippen LogP contribution < -0.4 is 9.47 Å². The molecular formula is C19H18F3N5O3. The molecule has 0 aliphatic carbocycles. The largest absolute Gasteiger partial charge is 0.479 e. The molecule has 30 heavy (non-hydrogen) atoms. The predicted octanol–water partition coefficient (Wildman–Crippen LogP) is 2.91. The van der Waals surface area contributed by atoms with Gasteiger partial charge in [-0.15, -0.1) is 0 Å². The second-order valence-electron chi connectivity index (χ2n) is 6.86. The number of carbonyl (C=O) groups excluding carboxylic acids is 1. The van der Waals surface area contributed by atoms with E-state index in [2.05, 4.69) is 15.1 Å². The van der Waals surface area contributed by atoms with Crippen LogP contribution in [0.3, 0.4) is 0 Å². The molecule has 8 nitrogen and oxygen atoms in total. The lowest BCUT2D eigenvalue weighted by Crippen LogP contribution is -2.40. The molecule has 0 spiro atoms. The van der Waals surface area contributed by atoms with E-state index in [-0.39, 0.29) is 18.4 Å². The van der Waals surface area contributed by atoms with Gasteiger partial charge >= 0.3 is 12.0 Å². The summed E-state index contributed by atoms with van der Waals surface area (Å²) in [5.41, 5.74) is 0.331. The van der Waals surface area contributed by atoms with Crippen molar-refractivity contribution >= 4 is 12.2 Å². The van der Waals surface area contributed by atoms with Crippen LogP contribution in [0, 0.1) is 17.5 Å². The summed E-state index contributed by atoms with van der Waals surface area (Å²) < 4.78 is 51.1. The lowest BCUT2D eigenvalue weighted by Gasteiger charge is -2.27. The van der Waals surface area contributed by atoms with Gasteiger partial charge in [0.25, 0.3) is 5.88 Å². The quantitative estimate of drug-likeness (QED) is 0.759. The number of likely N-dealkylation sites (tertiary alicyclic amines) is 1. The summed E-state index contributed by atoms with van der Waals surface area (Å²) in [5.74, 6) is -2.37. The van der Waals surface area contributed by atoms with Gasteiger partial charge in [0, 0.05) is 31.7 Å². The highest BCUT2D eigenvalue weighted by atomic mass is 19.1. The Hall–Kier alpha value is -3.37. The van der Waals surface area contributed by atoms with Crippen molar-refractivity contribution in [1.82, 2.24) is 19.9 Å². The molecule has 0 bridgehead atoms. The van der Waals surface area contributed by atoms with Crippen LogP contribution in [-0.4, -0.2) is 58.4 Å². The van der Waals surface area contributed by atoms with Gasteiger partial charge < -0.3 is 14.4 Å². The van der Waals surface area contributed by atoms with Gasteiger partial charge in [0.1, 0.15) is 17.7 Å². The number of carbonyl (C=O) groups is 1. The van der Waals surface area contributed by atoms with Crippen LogP contribution in [0.1, 0.15) is 24.4 Å². The molecule has 4 rings (SSSR count). The SMILES string of the molecule is COc1nc(O[C@@H]2CCN(C(=O)N3N=CC[C@H]3c3cc(F)cc(F)c3)C2)ncc1F. The molecule has 2 aliphatic rings. The van der Waals surface area contributed by atoms with Gasteiger partial charge in [0.2, 0.25) is 5.82 Å². The van der Waals surface area contributed by atoms with E-state index >= 15 is 0 Å². The standard InChI is InChI=1S/C19H18F3N5O3/c1-29-17-15(22)9-23-18(25-17)30-14-3-5-26(10-14)19(28)27-16(2-4-24-27)11-6-12(20)8-13(21)7-11/h4,6-9,14,16H,2-3,5,10H2,1H3/t14-,16+/m1/s1. The maximum Gasteiger partial charge on any atom is 0.341 e. The van der Waals surface area contributed by atoms with E-state index in [4.69, 9.17) is 9.47 Å². The third-order valence-electron chi connectivity index (χ3n) is 4.87. The minimum atomic E-state index is -0.714. The van der Waals surface area contributed by atoms with E-state index in [9.17, 15) is 18.0 Å². The summed E-state index contributed by atoms with van der Waals surface area (Å²) in [6, 6.07) is 2.12. The fourth-order valence-electron chi connectivity index (χ4n) is 3.47. The zero-order valence-corrected chi connectivity index (χ0v) is 16.0. The van der Waals surface area contributed by atoms with Gasteiger partial charge in [-0.25, -0.2) is 23.6 Å². The number of nitrogens with zero attached hydrogens (tertiary/aromatic N) is 5. The monoisotopic (exact) mass is 421 g/mol. The molecule has 1 fully saturated rings. The highest BCUT2D eigenvalue weighted by molar-refractivity contribution is 5.78. The van der Waals surface area contributed by atoms with Crippen LogP contribution in [0.2, 0.25) is 0 Å². The predicted molar refractivity (Wildman–Crippen MR) is 98.6 cm³/mol.